The molecule has 2 N–H and O–H groups in total. The number of aromatic nitrogens is 4. The molecule has 1 aliphatic rings. The number of hydrogen-bond donors (Lipinski definition) is 2. The molecule has 0 bridgehead atoms. The molecule has 2 aromatic heterocycles. The number of methoxy groups -OCH3 is 1. The van der Waals surface area contributed by atoms with Crippen LogP contribution in [0.25, 0.3) is 10.9 Å². The molecule has 0 saturated heterocycles. The highest BCUT2D eigenvalue weighted by atomic mass is 35.5. The summed E-state index contributed by atoms with van der Waals surface area (Å²) in [4.78, 5) is 34.2. The molecule has 1 saturated carbocycles. The number of aryl methyl sites for hydroxylation is 1. The number of carbonyl (C=O) groups is 2. The average Bonchev–Trinajstić information content (AvgIpc) is 3.67. The van der Waals surface area contributed by atoms with Crippen molar-refractivity contribution in [3.63, 3.8) is 0 Å². The minimum absolute atomic E-state index is 0.0914. The normalized spacial score (nSPS) is 16.2. The second kappa shape index (κ2) is 16.5. The van der Waals surface area contributed by atoms with E-state index in [9.17, 15) is 14.0 Å². The molecular formula is C38H46ClFN6O4. The summed E-state index contributed by atoms with van der Waals surface area (Å²) in [5, 5.41) is 11.7. The maximum Gasteiger partial charge on any atom is 0.248 e. The van der Waals surface area contributed by atoms with Gasteiger partial charge in [-0.3, -0.25) is 14.3 Å². The van der Waals surface area contributed by atoms with Crippen molar-refractivity contribution in [3.05, 3.63) is 65.6 Å². The van der Waals surface area contributed by atoms with Crippen LogP contribution in [0.4, 0.5) is 21.6 Å². The highest BCUT2D eigenvalue weighted by Crippen LogP contribution is 2.36. The third-order valence-electron chi connectivity index (χ3n) is 8.78. The lowest BCUT2D eigenvalue weighted by atomic mass is 9.89. The number of allylic oxidation sites excluding steroid dienone is 1. The standard InChI is InChI=1S/C38H46ClFN6O4/c1-6-25-21-46(22-27(47)15-16-38(2,3)4)45-37(25)50-28-13-14-31(30(39)18-28)44-36-29-19-33(34(49-5)20-32(29)41-23-42-36)43-35(48)10-8-7-9-24-11-12-26(40)17-24/h8,10,13-14,18-21,23-24,26H,6-7,9,11-12,15-17,22H2,1-5H3,(H,43,48)(H,41,42,44)/b10-8+. The highest BCUT2D eigenvalue weighted by molar-refractivity contribution is 6.33. The van der Waals surface area contributed by atoms with Gasteiger partial charge >= 0.3 is 0 Å². The summed E-state index contributed by atoms with van der Waals surface area (Å²) in [6.07, 6.45) is 11.7. The van der Waals surface area contributed by atoms with E-state index in [0.29, 0.717) is 88.5 Å². The molecule has 0 spiro atoms. The summed E-state index contributed by atoms with van der Waals surface area (Å²) in [5.74, 6) is 2.05. The zero-order chi connectivity index (χ0) is 35.8. The molecule has 5 rings (SSSR count). The molecule has 1 fully saturated rings. The highest BCUT2D eigenvalue weighted by Gasteiger charge is 2.23. The first-order valence-electron chi connectivity index (χ1n) is 17.2. The van der Waals surface area contributed by atoms with E-state index in [2.05, 4.69) is 46.5 Å². The lowest BCUT2D eigenvalue weighted by Gasteiger charge is -2.16. The summed E-state index contributed by atoms with van der Waals surface area (Å²) in [7, 11) is 1.53. The van der Waals surface area contributed by atoms with Gasteiger partial charge in [0.1, 0.15) is 29.8 Å². The summed E-state index contributed by atoms with van der Waals surface area (Å²) < 4.78 is 26.8. The fraction of sp³-hybridized carbons (Fsp3) is 0.447. The molecule has 4 aromatic rings. The van der Waals surface area contributed by atoms with E-state index in [0.717, 1.165) is 24.8 Å². The third kappa shape index (κ3) is 10.0. The largest absolute Gasteiger partial charge is 0.494 e. The Balaban J connectivity index is 1.26. The van der Waals surface area contributed by atoms with E-state index >= 15 is 0 Å². The fourth-order valence-electron chi connectivity index (χ4n) is 5.95. The molecule has 2 unspecified atom stereocenters. The molecule has 2 heterocycles. The molecular weight excluding hydrogens is 659 g/mol. The van der Waals surface area contributed by atoms with Crippen LogP contribution in [0.1, 0.15) is 78.2 Å². The van der Waals surface area contributed by atoms with Gasteiger partial charge in [0.25, 0.3) is 0 Å². The molecule has 0 radical (unpaired) electrons. The Morgan fingerprint density at radius 2 is 1.96 bits per heavy atom. The molecule has 12 heteroatoms. The van der Waals surface area contributed by atoms with Crippen molar-refractivity contribution in [2.24, 2.45) is 11.3 Å². The second-order valence-corrected chi connectivity index (χ2v) is 14.4. The molecule has 2 atom stereocenters. The molecule has 1 amide bonds. The summed E-state index contributed by atoms with van der Waals surface area (Å²) in [6.45, 7) is 8.57. The van der Waals surface area contributed by atoms with Gasteiger partial charge in [0.15, 0.2) is 5.78 Å². The van der Waals surface area contributed by atoms with E-state index in [-0.39, 0.29) is 23.7 Å². The van der Waals surface area contributed by atoms with Crippen LogP contribution in [0.15, 0.2) is 55.0 Å². The van der Waals surface area contributed by atoms with Gasteiger partial charge < -0.3 is 20.1 Å². The quantitative estimate of drug-likeness (QED) is 0.118. The zero-order valence-electron chi connectivity index (χ0n) is 29.4. The fourth-order valence-corrected chi connectivity index (χ4v) is 6.17. The van der Waals surface area contributed by atoms with E-state index in [1.807, 2.05) is 19.2 Å². The first-order chi connectivity index (χ1) is 23.9. The SMILES string of the molecule is CCc1cn(CC(=O)CCC(C)(C)C)nc1Oc1ccc(Nc2ncnc3cc(OC)c(NC(=O)/C=C/CCC4CCC(F)C4)cc23)c(Cl)c1. The Kier molecular flexibility index (Phi) is 12.1. The lowest BCUT2D eigenvalue weighted by Crippen LogP contribution is -2.14. The van der Waals surface area contributed by atoms with Crippen molar-refractivity contribution in [3.8, 4) is 17.4 Å². The first kappa shape index (κ1) is 36.8. The van der Waals surface area contributed by atoms with Gasteiger partial charge in [0.05, 0.1) is 35.6 Å². The van der Waals surface area contributed by atoms with Gasteiger partial charge in [-0.2, -0.15) is 0 Å². The predicted octanol–water partition coefficient (Wildman–Crippen LogP) is 9.40. The van der Waals surface area contributed by atoms with Crippen LogP contribution < -0.4 is 20.1 Å². The topological polar surface area (TPSA) is 120 Å². The molecule has 266 valence electrons. The van der Waals surface area contributed by atoms with Crippen LogP contribution in [0, 0.1) is 11.3 Å². The van der Waals surface area contributed by atoms with Crippen LogP contribution >= 0.6 is 11.6 Å². The number of fused-ring (bicyclic) bond motifs is 1. The molecule has 10 nitrogen and oxygen atoms in total. The number of Topliss-reactive ketones (excluding diaryl/α,β-unsaturated/α-hetero) is 1. The number of alkyl halides is 1. The Hall–Kier alpha value is -4.51. The Morgan fingerprint density at radius 1 is 1.14 bits per heavy atom. The van der Waals surface area contributed by atoms with E-state index in [1.54, 1.807) is 35.0 Å². The smallest absolute Gasteiger partial charge is 0.248 e. The van der Waals surface area contributed by atoms with Gasteiger partial charge in [-0.15, -0.1) is 5.10 Å². The minimum atomic E-state index is -0.691. The lowest BCUT2D eigenvalue weighted by molar-refractivity contribution is -0.120. The van der Waals surface area contributed by atoms with Crippen molar-refractivity contribution >= 4 is 51.4 Å². The number of ether oxygens (including phenoxy) is 2. The predicted molar refractivity (Wildman–Crippen MR) is 195 cm³/mol. The number of amides is 1. The molecule has 1 aliphatic carbocycles. The minimum Gasteiger partial charge on any atom is -0.494 e. The Labute approximate surface area is 297 Å². The summed E-state index contributed by atoms with van der Waals surface area (Å²) in [6, 6.07) is 8.72. The van der Waals surface area contributed by atoms with Gasteiger partial charge in [0.2, 0.25) is 11.8 Å². The number of rotatable bonds is 15. The monoisotopic (exact) mass is 704 g/mol. The molecule has 2 aromatic carbocycles. The van der Waals surface area contributed by atoms with Crippen LogP contribution in [-0.2, 0) is 22.6 Å². The van der Waals surface area contributed by atoms with Crippen molar-refractivity contribution in [1.29, 1.82) is 0 Å². The van der Waals surface area contributed by atoms with E-state index in [4.69, 9.17) is 21.1 Å². The van der Waals surface area contributed by atoms with Gasteiger partial charge in [-0.25, -0.2) is 14.4 Å². The second-order valence-electron chi connectivity index (χ2n) is 14.0. The average molecular weight is 705 g/mol. The van der Waals surface area contributed by atoms with Crippen molar-refractivity contribution in [2.75, 3.05) is 17.7 Å². The number of hydrogen-bond acceptors (Lipinski definition) is 8. The van der Waals surface area contributed by atoms with Gasteiger partial charge in [0, 0.05) is 35.7 Å². The number of nitrogens with one attached hydrogen (secondary N) is 2. The summed E-state index contributed by atoms with van der Waals surface area (Å²) in [5.41, 5.74) is 2.62. The number of carbonyl (C=O) groups excluding carboxylic acids is 2. The maximum absolute atomic E-state index is 13.5. The Bertz CT molecular complexity index is 1850. The number of halogens is 2. The van der Waals surface area contributed by atoms with Crippen molar-refractivity contribution in [1.82, 2.24) is 19.7 Å². The van der Waals surface area contributed by atoms with Crippen molar-refractivity contribution in [2.45, 2.75) is 91.8 Å². The van der Waals surface area contributed by atoms with Crippen LogP contribution in [0.2, 0.25) is 5.02 Å². The van der Waals surface area contributed by atoms with Gasteiger partial charge in [-0.1, -0.05) is 45.4 Å². The number of ketones is 1. The molecule has 50 heavy (non-hydrogen) atoms. The number of anilines is 3. The van der Waals surface area contributed by atoms with Crippen molar-refractivity contribution < 1.29 is 23.5 Å². The summed E-state index contributed by atoms with van der Waals surface area (Å²) >= 11 is 6.71. The van der Waals surface area contributed by atoms with Crippen LogP contribution in [0.5, 0.6) is 17.4 Å². The number of nitrogens with zero attached hydrogens (tertiary/aromatic N) is 4. The van der Waals surface area contributed by atoms with Gasteiger partial charge in [-0.05, 0) is 80.6 Å². The van der Waals surface area contributed by atoms with Crippen LogP contribution in [0.3, 0.4) is 0 Å². The molecule has 0 aliphatic heterocycles. The van der Waals surface area contributed by atoms with E-state index < -0.39 is 6.17 Å². The zero-order valence-corrected chi connectivity index (χ0v) is 30.1. The third-order valence-corrected chi connectivity index (χ3v) is 9.10. The van der Waals surface area contributed by atoms with E-state index in [1.165, 1.54) is 19.5 Å². The van der Waals surface area contributed by atoms with Crippen LogP contribution in [-0.4, -0.2) is 44.7 Å². The Morgan fingerprint density at radius 3 is 2.66 bits per heavy atom. The maximum atomic E-state index is 13.5. The first-order valence-corrected chi connectivity index (χ1v) is 17.5. The number of benzene rings is 2.